The number of benzene rings is 1. The van der Waals surface area contributed by atoms with Crippen LogP contribution in [-0.2, 0) is 0 Å². The summed E-state index contributed by atoms with van der Waals surface area (Å²) < 4.78 is 0. The van der Waals surface area contributed by atoms with Crippen molar-refractivity contribution in [2.75, 3.05) is 18.4 Å². The first-order chi connectivity index (χ1) is 10.2. The summed E-state index contributed by atoms with van der Waals surface area (Å²) in [7, 11) is 0. The normalized spacial score (nSPS) is 10.4. The van der Waals surface area contributed by atoms with E-state index in [0.29, 0.717) is 0 Å². The van der Waals surface area contributed by atoms with E-state index in [9.17, 15) is 4.79 Å². The molecule has 0 atom stereocenters. The van der Waals surface area contributed by atoms with Gasteiger partial charge in [0.05, 0.1) is 0 Å². The van der Waals surface area contributed by atoms with E-state index in [-0.39, 0.29) is 5.91 Å². The van der Waals surface area contributed by atoms with Gasteiger partial charge in [0, 0.05) is 35.9 Å². The average molecular weight is 303 g/mol. The Balaban J connectivity index is 2.10. The van der Waals surface area contributed by atoms with Crippen molar-refractivity contribution in [3.63, 3.8) is 0 Å². The van der Waals surface area contributed by atoms with Crippen LogP contribution in [0.1, 0.15) is 37.0 Å². The SMILES string of the molecule is CCCCN(CC)C(=O)c1cccc(Nc2nccs2)c1. The van der Waals surface area contributed by atoms with Gasteiger partial charge in [0.1, 0.15) is 0 Å². The highest BCUT2D eigenvalue weighted by Gasteiger charge is 2.14. The third-order valence-electron chi connectivity index (χ3n) is 3.24. The number of unbranched alkanes of at least 4 members (excludes halogenated alkanes) is 1. The van der Waals surface area contributed by atoms with E-state index >= 15 is 0 Å². The molecule has 0 saturated carbocycles. The second kappa shape index (κ2) is 7.78. The van der Waals surface area contributed by atoms with Crippen LogP contribution in [0.2, 0.25) is 0 Å². The van der Waals surface area contributed by atoms with E-state index < -0.39 is 0 Å². The number of aromatic nitrogens is 1. The van der Waals surface area contributed by atoms with Crippen molar-refractivity contribution in [2.24, 2.45) is 0 Å². The number of nitrogens with one attached hydrogen (secondary N) is 1. The molecule has 0 saturated heterocycles. The molecular formula is C16H21N3OS. The lowest BCUT2D eigenvalue weighted by atomic mass is 10.1. The van der Waals surface area contributed by atoms with Crippen molar-refractivity contribution >= 4 is 28.1 Å². The molecule has 1 N–H and O–H groups in total. The van der Waals surface area contributed by atoms with E-state index in [0.717, 1.165) is 42.3 Å². The second-order valence-electron chi connectivity index (χ2n) is 4.78. The summed E-state index contributed by atoms with van der Waals surface area (Å²) >= 11 is 1.54. The Morgan fingerprint density at radius 1 is 1.38 bits per heavy atom. The van der Waals surface area contributed by atoms with Crippen molar-refractivity contribution in [1.82, 2.24) is 9.88 Å². The number of anilines is 2. The molecule has 0 fully saturated rings. The van der Waals surface area contributed by atoms with Crippen LogP contribution in [0.4, 0.5) is 10.8 Å². The van der Waals surface area contributed by atoms with Crippen LogP contribution in [0.15, 0.2) is 35.8 Å². The Bertz CT molecular complexity index is 569. The van der Waals surface area contributed by atoms with Crippen LogP contribution in [0.25, 0.3) is 0 Å². The largest absolute Gasteiger partial charge is 0.339 e. The number of amides is 1. The summed E-state index contributed by atoms with van der Waals surface area (Å²) in [5.74, 6) is 0.0914. The number of hydrogen-bond acceptors (Lipinski definition) is 4. The molecule has 0 bridgehead atoms. The Labute approximate surface area is 129 Å². The van der Waals surface area contributed by atoms with E-state index in [4.69, 9.17) is 0 Å². The van der Waals surface area contributed by atoms with Gasteiger partial charge < -0.3 is 10.2 Å². The number of rotatable bonds is 7. The Morgan fingerprint density at radius 3 is 2.90 bits per heavy atom. The number of thiazole rings is 1. The summed E-state index contributed by atoms with van der Waals surface area (Å²) in [5.41, 5.74) is 1.61. The molecule has 2 rings (SSSR count). The van der Waals surface area contributed by atoms with Crippen LogP contribution in [0, 0.1) is 0 Å². The fourth-order valence-corrected chi connectivity index (χ4v) is 2.62. The molecule has 0 aliphatic heterocycles. The van der Waals surface area contributed by atoms with Crippen molar-refractivity contribution in [3.05, 3.63) is 41.4 Å². The molecule has 1 amide bonds. The minimum absolute atomic E-state index is 0.0914. The molecule has 0 unspecified atom stereocenters. The van der Waals surface area contributed by atoms with Crippen LogP contribution in [-0.4, -0.2) is 28.9 Å². The Kier molecular flexibility index (Phi) is 5.75. The minimum Gasteiger partial charge on any atom is -0.339 e. The fourth-order valence-electron chi connectivity index (χ4n) is 2.07. The monoisotopic (exact) mass is 303 g/mol. The van der Waals surface area contributed by atoms with Gasteiger partial charge in [-0.15, -0.1) is 11.3 Å². The van der Waals surface area contributed by atoms with Gasteiger partial charge in [-0.05, 0) is 31.5 Å². The van der Waals surface area contributed by atoms with Crippen molar-refractivity contribution in [3.8, 4) is 0 Å². The van der Waals surface area contributed by atoms with Gasteiger partial charge in [-0.3, -0.25) is 4.79 Å². The molecule has 0 aliphatic rings. The molecule has 21 heavy (non-hydrogen) atoms. The summed E-state index contributed by atoms with van der Waals surface area (Å²) in [6, 6.07) is 7.60. The van der Waals surface area contributed by atoms with E-state index in [1.165, 1.54) is 11.3 Å². The van der Waals surface area contributed by atoms with E-state index in [1.807, 2.05) is 41.5 Å². The maximum atomic E-state index is 12.5. The van der Waals surface area contributed by atoms with E-state index in [1.54, 1.807) is 6.20 Å². The first-order valence-electron chi connectivity index (χ1n) is 7.30. The van der Waals surface area contributed by atoms with Crippen LogP contribution >= 0.6 is 11.3 Å². The zero-order chi connectivity index (χ0) is 15.1. The summed E-state index contributed by atoms with van der Waals surface area (Å²) in [5, 5.41) is 5.96. The molecule has 1 heterocycles. The molecule has 1 aromatic carbocycles. The third kappa shape index (κ3) is 4.29. The summed E-state index contributed by atoms with van der Waals surface area (Å²) in [6.07, 6.45) is 3.89. The fraction of sp³-hybridized carbons (Fsp3) is 0.375. The van der Waals surface area contributed by atoms with Crippen LogP contribution in [0.5, 0.6) is 0 Å². The Hall–Kier alpha value is -1.88. The highest BCUT2D eigenvalue weighted by molar-refractivity contribution is 7.13. The van der Waals surface area contributed by atoms with Crippen molar-refractivity contribution in [2.45, 2.75) is 26.7 Å². The zero-order valence-corrected chi connectivity index (χ0v) is 13.3. The van der Waals surface area contributed by atoms with Crippen LogP contribution in [0.3, 0.4) is 0 Å². The highest BCUT2D eigenvalue weighted by Crippen LogP contribution is 2.20. The first-order valence-corrected chi connectivity index (χ1v) is 8.18. The molecule has 4 nitrogen and oxygen atoms in total. The Morgan fingerprint density at radius 2 is 2.24 bits per heavy atom. The van der Waals surface area contributed by atoms with Gasteiger partial charge in [0.25, 0.3) is 5.91 Å². The summed E-state index contributed by atoms with van der Waals surface area (Å²) in [6.45, 7) is 5.71. The summed E-state index contributed by atoms with van der Waals surface area (Å²) in [4.78, 5) is 18.6. The maximum Gasteiger partial charge on any atom is 0.253 e. The predicted octanol–water partition coefficient (Wildman–Crippen LogP) is 4.15. The van der Waals surface area contributed by atoms with Gasteiger partial charge in [-0.1, -0.05) is 19.4 Å². The van der Waals surface area contributed by atoms with Gasteiger partial charge in [0.15, 0.2) is 5.13 Å². The standard InChI is InChI=1S/C16H21N3OS/c1-3-5-10-19(4-2)15(20)13-7-6-8-14(12-13)18-16-17-9-11-21-16/h6-9,11-12H,3-5,10H2,1-2H3,(H,17,18). The lowest BCUT2D eigenvalue weighted by Gasteiger charge is -2.21. The lowest BCUT2D eigenvalue weighted by molar-refractivity contribution is 0.0762. The molecular weight excluding hydrogens is 282 g/mol. The molecule has 0 aliphatic carbocycles. The van der Waals surface area contributed by atoms with Crippen molar-refractivity contribution < 1.29 is 4.79 Å². The number of nitrogens with zero attached hydrogens (tertiary/aromatic N) is 2. The topological polar surface area (TPSA) is 45.2 Å². The quantitative estimate of drug-likeness (QED) is 0.835. The highest BCUT2D eigenvalue weighted by atomic mass is 32.1. The van der Waals surface area contributed by atoms with Crippen LogP contribution < -0.4 is 5.32 Å². The number of hydrogen-bond donors (Lipinski definition) is 1. The molecule has 0 spiro atoms. The number of carbonyl (C=O) groups is 1. The van der Waals surface area contributed by atoms with Crippen molar-refractivity contribution in [1.29, 1.82) is 0 Å². The molecule has 1 aromatic heterocycles. The maximum absolute atomic E-state index is 12.5. The molecule has 5 heteroatoms. The molecule has 0 radical (unpaired) electrons. The first kappa shape index (κ1) is 15.5. The van der Waals surface area contributed by atoms with Gasteiger partial charge in [-0.2, -0.15) is 0 Å². The minimum atomic E-state index is 0.0914. The zero-order valence-electron chi connectivity index (χ0n) is 12.5. The number of carbonyl (C=O) groups excluding carboxylic acids is 1. The lowest BCUT2D eigenvalue weighted by Crippen LogP contribution is -2.31. The third-order valence-corrected chi connectivity index (χ3v) is 3.93. The second-order valence-corrected chi connectivity index (χ2v) is 5.68. The molecule has 2 aromatic rings. The predicted molar refractivity (Wildman–Crippen MR) is 88.3 cm³/mol. The smallest absolute Gasteiger partial charge is 0.253 e. The van der Waals surface area contributed by atoms with Gasteiger partial charge in [-0.25, -0.2) is 4.98 Å². The molecule has 112 valence electrons. The van der Waals surface area contributed by atoms with E-state index in [2.05, 4.69) is 17.2 Å². The average Bonchev–Trinajstić information content (AvgIpc) is 3.01. The van der Waals surface area contributed by atoms with Gasteiger partial charge >= 0.3 is 0 Å². The van der Waals surface area contributed by atoms with Gasteiger partial charge in [0.2, 0.25) is 0 Å².